The second kappa shape index (κ2) is 14.8. The van der Waals surface area contributed by atoms with Crippen molar-refractivity contribution in [2.75, 3.05) is 6.61 Å². The zero-order valence-corrected chi connectivity index (χ0v) is 23.9. The van der Waals surface area contributed by atoms with Crippen molar-refractivity contribution in [1.29, 1.82) is 0 Å². The first-order valence-electron chi connectivity index (χ1n) is 13.9. The van der Waals surface area contributed by atoms with Gasteiger partial charge in [0, 0.05) is 29.3 Å². The van der Waals surface area contributed by atoms with Crippen molar-refractivity contribution in [3.05, 3.63) is 95.8 Å². The highest BCUT2D eigenvalue weighted by atomic mass is 19.1. The fraction of sp³-hybridized carbons (Fsp3) is 0.303. The van der Waals surface area contributed by atoms with E-state index in [9.17, 15) is 4.39 Å². The Balaban J connectivity index is 0.00000100. The number of nitrogens with zero attached hydrogens (tertiary/aromatic N) is 3. The highest BCUT2D eigenvalue weighted by Gasteiger charge is 2.17. The second-order valence-electron chi connectivity index (χ2n) is 8.63. The van der Waals surface area contributed by atoms with Crippen LogP contribution in [0, 0.1) is 12.7 Å². The van der Waals surface area contributed by atoms with Gasteiger partial charge in [-0.3, -0.25) is 9.97 Å². The van der Waals surface area contributed by atoms with Crippen molar-refractivity contribution in [2.24, 2.45) is 0 Å². The Bertz CT molecular complexity index is 1480. The first-order valence-corrected chi connectivity index (χ1v) is 13.9. The molecule has 3 aromatic heterocycles. The van der Waals surface area contributed by atoms with Gasteiger partial charge in [0.15, 0.2) is 11.6 Å². The van der Waals surface area contributed by atoms with Crippen molar-refractivity contribution < 1.29 is 9.13 Å². The lowest BCUT2D eigenvalue weighted by Crippen LogP contribution is -2.00. The quantitative estimate of drug-likeness (QED) is 0.205. The summed E-state index contributed by atoms with van der Waals surface area (Å²) >= 11 is 0. The van der Waals surface area contributed by atoms with Gasteiger partial charge in [0.1, 0.15) is 5.82 Å². The highest BCUT2D eigenvalue weighted by molar-refractivity contribution is 5.86. The van der Waals surface area contributed by atoms with E-state index in [4.69, 9.17) is 14.7 Å². The van der Waals surface area contributed by atoms with Crippen molar-refractivity contribution >= 4 is 10.9 Å². The van der Waals surface area contributed by atoms with E-state index in [1.165, 1.54) is 6.07 Å². The lowest BCUT2D eigenvalue weighted by Gasteiger charge is -2.08. The molecule has 0 aliphatic rings. The minimum atomic E-state index is -0.348. The number of ether oxygens (including phenoxy) is 1. The number of hydrogen-bond donors (Lipinski definition) is 1. The summed E-state index contributed by atoms with van der Waals surface area (Å²) in [7, 11) is 0. The molecule has 0 spiro atoms. The molecule has 0 bridgehead atoms. The Hall–Kier alpha value is -4.06. The molecule has 3 heterocycles. The number of imidazole rings is 1. The molecule has 0 aliphatic heterocycles. The Labute approximate surface area is 231 Å². The van der Waals surface area contributed by atoms with E-state index < -0.39 is 0 Å². The molecule has 0 unspecified atom stereocenters. The van der Waals surface area contributed by atoms with E-state index in [1.807, 2.05) is 77.1 Å². The van der Waals surface area contributed by atoms with Gasteiger partial charge in [0.2, 0.25) is 0 Å². The van der Waals surface area contributed by atoms with Crippen LogP contribution in [0.25, 0.3) is 33.5 Å². The number of aromatic nitrogens is 4. The molecule has 5 aromatic rings. The molecule has 0 amide bonds. The molecule has 5 rings (SSSR count). The number of pyridine rings is 2. The molecule has 2 aromatic carbocycles. The zero-order valence-electron chi connectivity index (χ0n) is 23.9. The topological polar surface area (TPSA) is 63.7 Å². The summed E-state index contributed by atoms with van der Waals surface area (Å²) in [6.45, 7) is 12.6. The molecular formula is C33H39FN4O. The predicted octanol–water partition coefficient (Wildman–Crippen LogP) is 8.96. The van der Waals surface area contributed by atoms with Gasteiger partial charge in [0.25, 0.3) is 0 Å². The number of aryl methyl sites for hydroxylation is 1. The van der Waals surface area contributed by atoms with Crippen LogP contribution in [-0.4, -0.2) is 26.5 Å². The van der Waals surface area contributed by atoms with Crippen molar-refractivity contribution in [3.8, 4) is 28.4 Å². The van der Waals surface area contributed by atoms with E-state index in [0.717, 1.165) is 63.5 Å². The number of halogens is 1. The minimum Gasteiger partial charge on any atom is -0.491 e. The van der Waals surface area contributed by atoms with E-state index >= 15 is 0 Å². The number of fused-ring (bicyclic) bond motifs is 1. The zero-order chi connectivity index (χ0) is 28.2. The molecule has 1 N–H and O–H groups in total. The molecule has 0 fully saturated rings. The normalized spacial score (nSPS) is 10.3. The molecular weight excluding hydrogens is 487 g/mol. The van der Waals surface area contributed by atoms with Gasteiger partial charge in [-0.25, -0.2) is 9.37 Å². The van der Waals surface area contributed by atoms with Crippen LogP contribution < -0.4 is 4.74 Å². The molecule has 39 heavy (non-hydrogen) atoms. The number of H-pyrrole nitrogens is 1. The molecule has 0 aliphatic carbocycles. The van der Waals surface area contributed by atoms with Crippen LogP contribution in [0.3, 0.4) is 0 Å². The Morgan fingerprint density at radius 3 is 2.49 bits per heavy atom. The third-order valence-electron chi connectivity index (χ3n) is 5.90. The van der Waals surface area contributed by atoms with Gasteiger partial charge in [-0.1, -0.05) is 65.3 Å². The van der Waals surface area contributed by atoms with Crippen LogP contribution in [0.15, 0.2) is 72.9 Å². The number of nitrogens with one attached hydrogen (secondary N) is 1. The monoisotopic (exact) mass is 526 g/mol. The standard InChI is InChI=1S/C29H27FN4O.2C2H6/c1-3-4-15-35-26-16-20(10-12-23(26)30)17-27-33-28(29(34-27)25-9-5-7-19(2)32-25)22-11-13-24-21(18-22)8-6-14-31-24;2*1-2/h5-14,16,18H,3-4,15,17H2,1-2H3,(H,33,34);2*1-2H3. The number of aromatic amines is 1. The molecule has 204 valence electrons. The number of rotatable bonds is 8. The lowest BCUT2D eigenvalue weighted by atomic mass is 10.1. The fourth-order valence-electron chi connectivity index (χ4n) is 4.09. The molecule has 0 saturated carbocycles. The third kappa shape index (κ3) is 7.50. The maximum atomic E-state index is 14.3. The van der Waals surface area contributed by atoms with Crippen LogP contribution in [0.4, 0.5) is 4.39 Å². The summed E-state index contributed by atoms with van der Waals surface area (Å²) in [5, 5.41) is 1.05. The van der Waals surface area contributed by atoms with Crippen LogP contribution in [0.5, 0.6) is 5.75 Å². The average Bonchev–Trinajstić information content (AvgIpc) is 3.40. The summed E-state index contributed by atoms with van der Waals surface area (Å²) in [5.41, 5.74) is 6.27. The molecule has 0 radical (unpaired) electrons. The Kier molecular flexibility index (Phi) is 11.2. The predicted molar refractivity (Wildman–Crippen MR) is 160 cm³/mol. The van der Waals surface area contributed by atoms with Crippen LogP contribution >= 0.6 is 0 Å². The van der Waals surface area contributed by atoms with Crippen LogP contribution in [-0.2, 0) is 6.42 Å². The SMILES string of the molecule is CC.CC.CCCCOc1cc(Cc2nc(-c3ccc4ncccc4c3)c(-c3cccc(C)n3)[nH]2)ccc1F. The Morgan fingerprint density at radius 2 is 1.72 bits per heavy atom. The maximum absolute atomic E-state index is 14.3. The van der Waals surface area contributed by atoms with Gasteiger partial charge in [-0.05, 0) is 61.4 Å². The van der Waals surface area contributed by atoms with Gasteiger partial charge < -0.3 is 9.72 Å². The third-order valence-corrected chi connectivity index (χ3v) is 5.90. The van der Waals surface area contributed by atoms with Crippen LogP contribution in [0.2, 0.25) is 0 Å². The van der Waals surface area contributed by atoms with Crippen molar-refractivity contribution in [2.45, 2.75) is 60.8 Å². The average molecular weight is 527 g/mol. The summed E-state index contributed by atoms with van der Waals surface area (Å²) < 4.78 is 19.9. The van der Waals surface area contributed by atoms with E-state index in [2.05, 4.69) is 23.0 Å². The molecule has 0 saturated heterocycles. The summed E-state index contributed by atoms with van der Waals surface area (Å²) in [6, 6.07) is 21.1. The molecule has 6 heteroatoms. The summed E-state index contributed by atoms with van der Waals surface area (Å²) in [5.74, 6) is 0.709. The van der Waals surface area contributed by atoms with Crippen molar-refractivity contribution in [3.63, 3.8) is 0 Å². The fourth-order valence-corrected chi connectivity index (χ4v) is 4.09. The van der Waals surface area contributed by atoms with E-state index in [1.54, 1.807) is 18.3 Å². The smallest absolute Gasteiger partial charge is 0.165 e. The van der Waals surface area contributed by atoms with E-state index in [0.29, 0.717) is 13.0 Å². The molecule has 5 nitrogen and oxygen atoms in total. The van der Waals surface area contributed by atoms with E-state index in [-0.39, 0.29) is 11.6 Å². The largest absolute Gasteiger partial charge is 0.491 e. The van der Waals surface area contributed by atoms with Gasteiger partial charge in [-0.15, -0.1) is 0 Å². The number of benzene rings is 2. The minimum absolute atomic E-state index is 0.283. The maximum Gasteiger partial charge on any atom is 0.165 e. The van der Waals surface area contributed by atoms with Gasteiger partial charge >= 0.3 is 0 Å². The number of hydrogen-bond acceptors (Lipinski definition) is 4. The number of unbranched alkanes of at least 4 members (excludes halogenated alkanes) is 1. The Morgan fingerprint density at radius 1 is 0.897 bits per heavy atom. The summed E-state index contributed by atoms with van der Waals surface area (Å²) in [4.78, 5) is 17.6. The van der Waals surface area contributed by atoms with Crippen molar-refractivity contribution in [1.82, 2.24) is 19.9 Å². The van der Waals surface area contributed by atoms with Gasteiger partial charge in [0.05, 0.1) is 29.2 Å². The highest BCUT2D eigenvalue weighted by Crippen LogP contribution is 2.32. The van der Waals surface area contributed by atoms with Gasteiger partial charge in [-0.2, -0.15) is 0 Å². The first-order chi connectivity index (χ1) is 19.1. The first kappa shape index (κ1) is 29.5. The lowest BCUT2D eigenvalue weighted by molar-refractivity contribution is 0.294. The second-order valence-corrected chi connectivity index (χ2v) is 8.63. The van der Waals surface area contributed by atoms with Crippen LogP contribution in [0.1, 0.15) is 64.5 Å². The molecule has 0 atom stereocenters. The summed E-state index contributed by atoms with van der Waals surface area (Å²) in [6.07, 6.45) is 4.19.